The molecule has 17 heavy (non-hydrogen) atoms. The van der Waals surface area contributed by atoms with Crippen molar-refractivity contribution in [2.45, 2.75) is 33.6 Å². The first-order chi connectivity index (χ1) is 8.24. The molecule has 1 rings (SSSR count). The van der Waals surface area contributed by atoms with E-state index in [2.05, 4.69) is 12.2 Å². The van der Waals surface area contributed by atoms with Gasteiger partial charge in [-0.2, -0.15) is 0 Å². The van der Waals surface area contributed by atoms with Crippen LogP contribution in [0.2, 0.25) is 0 Å². The number of non-ortho nitro benzene ring substituents is 1. The molecule has 0 spiro atoms. The predicted octanol–water partition coefficient (Wildman–Crippen LogP) is 3.16. The van der Waals surface area contributed by atoms with Crippen LogP contribution in [-0.2, 0) is 6.42 Å². The minimum atomic E-state index is -0.376. The minimum absolute atomic E-state index is 0.153. The molecule has 0 saturated heterocycles. The molecular weight excluding hydrogens is 216 g/mol. The summed E-state index contributed by atoms with van der Waals surface area (Å²) in [6.45, 7) is 8.07. The number of hydrogen-bond acceptors (Lipinski definition) is 3. The molecule has 1 N–H and O–H groups in total. The summed E-state index contributed by atoms with van der Waals surface area (Å²) in [7, 11) is 0. The van der Waals surface area contributed by atoms with Gasteiger partial charge >= 0.3 is 0 Å². The van der Waals surface area contributed by atoms with Crippen molar-refractivity contribution in [2.75, 3.05) is 13.1 Å². The molecule has 0 aliphatic heterocycles. The van der Waals surface area contributed by atoms with Crippen molar-refractivity contribution in [3.05, 3.63) is 39.9 Å². The van der Waals surface area contributed by atoms with Gasteiger partial charge in [0, 0.05) is 12.1 Å². The molecule has 0 saturated carbocycles. The van der Waals surface area contributed by atoms with Crippen LogP contribution < -0.4 is 5.32 Å². The molecule has 0 heterocycles. The van der Waals surface area contributed by atoms with E-state index in [0.717, 1.165) is 31.5 Å². The zero-order valence-corrected chi connectivity index (χ0v) is 10.9. The van der Waals surface area contributed by atoms with E-state index in [1.807, 2.05) is 26.0 Å². The molecule has 0 aliphatic rings. The van der Waals surface area contributed by atoms with Gasteiger partial charge in [0.1, 0.15) is 0 Å². The van der Waals surface area contributed by atoms with Gasteiger partial charge < -0.3 is 5.32 Å². The Morgan fingerprint density at radius 2 is 1.76 bits per heavy atom. The second kappa shape index (κ2) is 9.78. The van der Waals surface area contributed by atoms with E-state index in [1.165, 1.54) is 0 Å². The molecule has 0 atom stereocenters. The summed E-state index contributed by atoms with van der Waals surface area (Å²) in [6, 6.07) is 6.72. The number of nitro groups is 1. The molecular formula is C13H22N2O2. The Labute approximate surface area is 103 Å². The molecule has 4 nitrogen and oxygen atoms in total. The summed E-state index contributed by atoms with van der Waals surface area (Å²) in [5.41, 5.74) is 1.28. The number of benzene rings is 1. The monoisotopic (exact) mass is 238 g/mol. The molecule has 1 aromatic carbocycles. The topological polar surface area (TPSA) is 55.2 Å². The number of nitrogens with one attached hydrogen (secondary N) is 1. The SMILES string of the molecule is CC.CCCNCCc1ccc([N+](=O)[O-])cc1. The van der Waals surface area contributed by atoms with Crippen molar-refractivity contribution in [1.29, 1.82) is 0 Å². The van der Waals surface area contributed by atoms with Crippen LogP contribution in [0.5, 0.6) is 0 Å². The Balaban J connectivity index is 0.00000121. The van der Waals surface area contributed by atoms with E-state index < -0.39 is 0 Å². The summed E-state index contributed by atoms with van der Waals surface area (Å²) < 4.78 is 0. The van der Waals surface area contributed by atoms with E-state index >= 15 is 0 Å². The molecule has 0 bridgehead atoms. The van der Waals surface area contributed by atoms with Crippen LogP contribution >= 0.6 is 0 Å². The first kappa shape index (κ1) is 15.6. The van der Waals surface area contributed by atoms with Crippen molar-refractivity contribution >= 4 is 5.69 Å². The Hall–Kier alpha value is -1.42. The van der Waals surface area contributed by atoms with Gasteiger partial charge in [-0.05, 0) is 31.5 Å². The summed E-state index contributed by atoms with van der Waals surface area (Å²) >= 11 is 0. The summed E-state index contributed by atoms with van der Waals surface area (Å²) in [4.78, 5) is 10.0. The van der Waals surface area contributed by atoms with Gasteiger partial charge in [0.25, 0.3) is 5.69 Å². The Bertz CT molecular complexity index is 310. The fourth-order valence-electron chi connectivity index (χ4n) is 1.32. The van der Waals surface area contributed by atoms with Crippen LogP contribution in [0.1, 0.15) is 32.8 Å². The average molecular weight is 238 g/mol. The third-order valence-electron chi connectivity index (χ3n) is 2.16. The number of nitrogens with zero attached hydrogens (tertiary/aromatic N) is 1. The lowest BCUT2D eigenvalue weighted by atomic mass is 10.1. The van der Waals surface area contributed by atoms with Crippen LogP contribution in [0.3, 0.4) is 0 Å². The Morgan fingerprint density at radius 1 is 1.18 bits per heavy atom. The highest BCUT2D eigenvalue weighted by molar-refractivity contribution is 5.32. The highest BCUT2D eigenvalue weighted by atomic mass is 16.6. The smallest absolute Gasteiger partial charge is 0.269 e. The summed E-state index contributed by atoms with van der Waals surface area (Å²) in [5, 5.41) is 13.7. The van der Waals surface area contributed by atoms with Crippen molar-refractivity contribution in [3.63, 3.8) is 0 Å². The third-order valence-corrected chi connectivity index (χ3v) is 2.16. The quantitative estimate of drug-likeness (QED) is 0.470. The second-order valence-corrected chi connectivity index (χ2v) is 3.42. The molecule has 1 aromatic rings. The molecule has 0 radical (unpaired) electrons. The van der Waals surface area contributed by atoms with Gasteiger partial charge in [-0.3, -0.25) is 10.1 Å². The van der Waals surface area contributed by atoms with Gasteiger partial charge in [0.15, 0.2) is 0 Å². The largest absolute Gasteiger partial charge is 0.316 e. The molecule has 96 valence electrons. The predicted molar refractivity (Wildman–Crippen MR) is 71.3 cm³/mol. The number of hydrogen-bond donors (Lipinski definition) is 1. The van der Waals surface area contributed by atoms with Crippen LogP contribution in [0.4, 0.5) is 5.69 Å². The van der Waals surface area contributed by atoms with E-state index in [0.29, 0.717) is 0 Å². The normalized spacial score (nSPS) is 9.35. The van der Waals surface area contributed by atoms with Crippen LogP contribution in [0, 0.1) is 10.1 Å². The maximum atomic E-state index is 10.4. The lowest BCUT2D eigenvalue weighted by Gasteiger charge is -2.02. The Morgan fingerprint density at radius 3 is 2.24 bits per heavy atom. The summed E-state index contributed by atoms with van der Waals surface area (Å²) in [5.74, 6) is 0. The van der Waals surface area contributed by atoms with Gasteiger partial charge in [-0.15, -0.1) is 0 Å². The zero-order chi connectivity index (χ0) is 13.1. The zero-order valence-electron chi connectivity index (χ0n) is 10.9. The molecule has 0 aromatic heterocycles. The first-order valence-corrected chi connectivity index (χ1v) is 6.18. The standard InChI is InChI=1S/C11H16N2O2.C2H6/c1-2-8-12-9-7-10-3-5-11(6-4-10)13(14)15;1-2/h3-6,12H,2,7-9H2,1H3;1-2H3. The van der Waals surface area contributed by atoms with Gasteiger partial charge in [0.2, 0.25) is 0 Å². The molecule has 0 fully saturated rings. The van der Waals surface area contributed by atoms with Crippen molar-refractivity contribution < 1.29 is 4.92 Å². The average Bonchev–Trinajstić information content (AvgIpc) is 2.38. The molecule has 4 heteroatoms. The highest BCUT2D eigenvalue weighted by Gasteiger charge is 2.03. The van der Waals surface area contributed by atoms with E-state index in [-0.39, 0.29) is 10.6 Å². The van der Waals surface area contributed by atoms with E-state index in [4.69, 9.17) is 0 Å². The van der Waals surface area contributed by atoms with Crippen LogP contribution in [0.25, 0.3) is 0 Å². The van der Waals surface area contributed by atoms with E-state index in [9.17, 15) is 10.1 Å². The van der Waals surface area contributed by atoms with Crippen molar-refractivity contribution in [1.82, 2.24) is 5.32 Å². The molecule has 0 unspecified atom stereocenters. The second-order valence-electron chi connectivity index (χ2n) is 3.42. The van der Waals surface area contributed by atoms with Gasteiger partial charge in [-0.25, -0.2) is 0 Å². The van der Waals surface area contributed by atoms with Crippen molar-refractivity contribution in [2.24, 2.45) is 0 Å². The van der Waals surface area contributed by atoms with Crippen molar-refractivity contribution in [3.8, 4) is 0 Å². The molecule has 0 aliphatic carbocycles. The molecule has 0 amide bonds. The summed E-state index contributed by atoms with van der Waals surface area (Å²) in [6.07, 6.45) is 2.04. The first-order valence-electron chi connectivity index (χ1n) is 6.18. The maximum absolute atomic E-state index is 10.4. The van der Waals surface area contributed by atoms with Gasteiger partial charge in [0.05, 0.1) is 4.92 Å². The third kappa shape index (κ3) is 6.68. The fourth-order valence-corrected chi connectivity index (χ4v) is 1.32. The Kier molecular flexibility index (Phi) is 8.96. The number of nitro benzene ring substituents is 1. The highest BCUT2D eigenvalue weighted by Crippen LogP contribution is 2.11. The van der Waals surface area contributed by atoms with Gasteiger partial charge in [-0.1, -0.05) is 32.9 Å². The van der Waals surface area contributed by atoms with Crippen LogP contribution in [0.15, 0.2) is 24.3 Å². The lowest BCUT2D eigenvalue weighted by Crippen LogP contribution is -2.17. The lowest BCUT2D eigenvalue weighted by molar-refractivity contribution is -0.384. The minimum Gasteiger partial charge on any atom is -0.316 e. The number of rotatable bonds is 6. The fraction of sp³-hybridized carbons (Fsp3) is 0.538. The van der Waals surface area contributed by atoms with Crippen LogP contribution in [-0.4, -0.2) is 18.0 Å². The maximum Gasteiger partial charge on any atom is 0.269 e. The van der Waals surface area contributed by atoms with E-state index in [1.54, 1.807) is 12.1 Å².